The maximum Gasteiger partial charge on any atom is 0.287 e. The van der Waals surface area contributed by atoms with E-state index in [9.17, 15) is 9.59 Å². The van der Waals surface area contributed by atoms with Gasteiger partial charge in [0.2, 0.25) is 0 Å². The Labute approximate surface area is 165 Å². The summed E-state index contributed by atoms with van der Waals surface area (Å²) in [6.07, 6.45) is 3.53. The van der Waals surface area contributed by atoms with Crippen LogP contribution in [0.5, 0.6) is 5.75 Å². The molecule has 0 saturated heterocycles. The number of imidazole rings is 1. The molecule has 150 valence electrons. The zero-order valence-electron chi connectivity index (χ0n) is 16.7. The number of amides is 2. The van der Waals surface area contributed by atoms with Crippen LogP contribution < -0.4 is 15.4 Å². The maximum atomic E-state index is 13.0. The van der Waals surface area contributed by atoms with Gasteiger partial charge >= 0.3 is 0 Å². The molecular weight excluding hydrogens is 356 g/mol. The summed E-state index contributed by atoms with van der Waals surface area (Å²) in [4.78, 5) is 29.9. The van der Waals surface area contributed by atoms with Crippen molar-refractivity contribution >= 4 is 17.5 Å². The molecule has 0 saturated carbocycles. The van der Waals surface area contributed by atoms with Gasteiger partial charge in [0, 0.05) is 13.1 Å². The third-order valence-electron chi connectivity index (χ3n) is 4.57. The lowest BCUT2D eigenvalue weighted by Gasteiger charge is -2.17. The molecule has 1 aromatic carbocycles. The Hall–Kier alpha value is -2.83. The van der Waals surface area contributed by atoms with Gasteiger partial charge in [-0.1, -0.05) is 19.1 Å². The molecular formula is C21H28N4O3. The largest absolute Gasteiger partial charge is 0.489 e. The summed E-state index contributed by atoms with van der Waals surface area (Å²) in [5.74, 6) is 0.382. The predicted molar refractivity (Wildman–Crippen MR) is 108 cm³/mol. The topological polar surface area (TPSA) is 85.2 Å². The van der Waals surface area contributed by atoms with Gasteiger partial charge in [-0.15, -0.1) is 0 Å². The summed E-state index contributed by atoms with van der Waals surface area (Å²) in [6.45, 7) is 7.16. The SMILES string of the molecule is CCCNC(=O)c1nc(C(=O)Nc2ccccc2OC(C)C)c2n1CCCC2. The van der Waals surface area contributed by atoms with E-state index >= 15 is 0 Å². The molecule has 3 rings (SSSR count). The van der Waals surface area contributed by atoms with Crippen LogP contribution in [0.15, 0.2) is 24.3 Å². The van der Waals surface area contributed by atoms with Crippen molar-refractivity contribution in [3.05, 3.63) is 41.5 Å². The number of hydrogen-bond acceptors (Lipinski definition) is 4. The minimum atomic E-state index is -0.319. The monoisotopic (exact) mass is 384 g/mol. The number of anilines is 1. The predicted octanol–water partition coefficient (Wildman–Crippen LogP) is 3.40. The molecule has 0 spiro atoms. The van der Waals surface area contributed by atoms with E-state index in [2.05, 4.69) is 15.6 Å². The van der Waals surface area contributed by atoms with Gasteiger partial charge < -0.3 is 19.9 Å². The molecule has 0 unspecified atom stereocenters. The Morgan fingerprint density at radius 1 is 1.21 bits per heavy atom. The third-order valence-corrected chi connectivity index (χ3v) is 4.57. The van der Waals surface area contributed by atoms with Crippen LogP contribution in [0.3, 0.4) is 0 Å². The maximum absolute atomic E-state index is 13.0. The number of benzene rings is 1. The number of carbonyl (C=O) groups is 2. The zero-order chi connectivity index (χ0) is 20.1. The molecule has 2 N–H and O–H groups in total. The van der Waals surface area contributed by atoms with E-state index in [1.165, 1.54) is 0 Å². The van der Waals surface area contributed by atoms with Crippen molar-refractivity contribution in [3.8, 4) is 5.75 Å². The van der Waals surface area contributed by atoms with Crippen LogP contribution in [-0.4, -0.2) is 34.0 Å². The minimum absolute atomic E-state index is 0.00715. The van der Waals surface area contributed by atoms with E-state index in [-0.39, 0.29) is 17.9 Å². The number of aromatic nitrogens is 2. The Balaban J connectivity index is 1.88. The number of fused-ring (bicyclic) bond motifs is 1. The second-order valence-corrected chi connectivity index (χ2v) is 7.21. The number of hydrogen-bond donors (Lipinski definition) is 2. The van der Waals surface area contributed by atoms with E-state index < -0.39 is 0 Å². The molecule has 7 nitrogen and oxygen atoms in total. The number of ether oxygens (including phenoxy) is 1. The van der Waals surface area contributed by atoms with Crippen LogP contribution in [0, 0.1) is 0 Å². The highest BCUT2D eigenvalue weighted by Crippen LogP contribution is 2.27. The van der Waals surface area contributed by atoms with Gasteiger partial charge in [0.15, 0.2) is 11.5 Å². The van der Waals surface area contributed by atoms with Crippen molar-refractivity contribution in [2.75, 3.05) is 11.9 Å². The molecule has 2 aromatic rings. The Kier molecular flexibility index (Phi) is 6.34. The summed E-state index contributed by atoms with van der Waals surface area (Å²) in [5.41, 5.74) is 1.74. The lowest BCUT2D eigenvalue weighted by Crippen LogP contribution is -2.28. The first-order valence-electron chi connectivity index (χ1n) is 9.95. The fourth-order valence-electron chi connectivity index (χ4n) is 3.32. The molecule has 0 radical (unpaired) electrons. The second-order valence-electron chi connectivity index (χ2n) is 7.21. The highest BCUT2D eigenvalue weighted by Gasteiger charge is 2.27. The van der Waals surface area contributed by atoms with Crippen molar-refractivity contribution in [2.45, 2.75) is 59.1 Å². The first-order valence-corrected chi connectivity index (χ1v) is 9.95. The van der Waals surface area contributed by atoms with Crippen LogP contribution in [-0.2, 0) is 13.0 Å². The third kappa shape index (κ3) is 4.35. The van der Waals surface area contributed by atoms with Crippen LogP contribution in [0.25, 0.3) is 0 Å². The Morgan fingerprint density at radius 3 is 2.75 bits per heavy atom. The van der Waals surface area contributed by atoms with Gasteiger partial charge in [-0.3, -0.25) is 9.59 Å². The summed E-state index contributed by atoms with van der Waals surface area (Å²) in [7, 11) is 0. The van der Waals surface area contributed by atoms with Crippen molar-refractivity contribution in [1.29, 1.82) is 0 Å². The van der Waals surface area contributed by atoms with Gasteiger partial charge in [0.25, 0.3) is 11.8 Å². The van der Waals surface area contributed by atoms with Gasteiger partial charge in [0.05, 0.1) is 17.5 Å². The Morgan fingerprint density at radius 2 is 2.00 bits per heavy atom. The quantitative estimate of drug-likeness (QED) is 0.766. The molecule has 0 aliphatic carbocycles. The molecule has 1 aromatic heterocycles. The molecule has 2 heterocycles. The Bertz CT molecular complexity index is 857. The number of carbonyl (C=O) groups excluding carboxylic acids is 2. The summed E-state index contributed by atoms with van der Waals surface area (Å²) in [6, 6.07) is 7.33. The highest BCUT2D eigenvalue weighted by molar-refractivity contribution is 6.05. The molecule has 7 heteroatoms. The zero-order valence-corrected chi connectivity index (χ0v) is 16.7. The lowest BCUT2D eigenvalue weighted by molar-refractivity contribution is 0.0937. The average molecular weight is 384 g/mol. The van der Waals surface area contributed by atoms with Crippen molar-refractivity contribution in [2.24, 2.45) is 0 Å². The first-order chi connectivity index (χ1) is 13.5. The molecule has 2 amide bonds. The summed E-state index contributed by atoms with van der Waals surface area (Å²) in [5, 5.41) is 5.76. The van der Waals surface area contributed by atoms with E-state index in [4.69, 9.17) is 4.74 Å². The second kappa shape index (κ2) is 8.91. The number of para-hydroxylation sites is 2. The molecule has 1 aliphatic rings. The van der Waals surface area contributed by atoms with Gasteiger partial charge in [-0.25, -0.2) is 4.98 Å². The van der Waals surface area contributed by atoms with Crippen molar-refractivity contribution in [1.82, 2.24) is 14.9 Å². The molecule has 0 atom stereocenters. The smallest absolute Gasteiger partial charge is 0.287 e. The van der Waals surface area contributed by atoms with Crippen molar-refractivity contribution in [3.63, 3.8) is 0 Å². The fraction of sp³-hybridized carbons (Fsp3) is 0.476. The van der Waals surface area contributed by atoms with Crippen LogP contribution in [0.2, 0.25) is 0 Å². The van der Waals surface area contributed by atoms with E-state index in [0.29, 0.717) is 36.0 Å². The van der Waals surface area contributed by atoms with Gasteiger partial charge in [0.1, 0.15) is 5.75 Å². The molecule has 28 heavy (non-hydrogen) atoms. The molecule has 1 aliphatic heterocycles. The number of rotatable bonds is 7. The van der Waals surface area contributed by atoms with E-state index in [1.54, 1.807) is 6.07 Å². The summed E-state index contributed by atoms with van der Waals surface area (Å²) >= 11 is 0. The van der Waals surface area contributed by atoms with Crippen LogP contribution in [0.4, 0.5) is 5.69 Å². The van der Waals surface area contributed by atoms with E-state index in [0.717, 1.165) is 31.4 Å². The van der Waals surface area contributed by atoms with Crippen LogP contribution in [0.1, 0.15) is 66.8 Å². The minimum Gasteiger partial charge on any atom is -0.489 e. The normalized spacial score (nSPS) is 13.1. The average Bonchev–Trinajstić information content (AvgIpc) is 3.07. The first kappa shape index (κ1) is 19.9. The highest BCUT2D eigenvalue weighted by atomic mass is 16.5. The van der Waals surface area contributed by atoms with Gasteiger partial charge in [-0.05, 0) is 51.7 Å². The lowest BCUT2D eigenvalue weighted by atomic mass is 10.1. The van der Waals surface area contributed by atoms with Crippen molar-refractivity contribution < 1.29 is 14.3 Å². The standard InChI is InChI=1S/C21H28N4O3/c1-4-12-22-21(27)19-24-18(16-10-7-8-13-25(16)19)20(26)23-15-9-5-6-11-17(15)28-14(2)3/h5-6,9,11,14H,4,7-8,10,12-13H2,1-3H3,(H,22,27)(H,23,26). The molecule has 0 fully saturated rings. The fourth-order valence-corrected chi connectivity index (χ4v) is 3.32. The molecule has 0 bridgehead atoms. The van der Waals surface area contributed by atoms with E-state index in [1.807, 2.05) is 43.5 Å². The van der Waals surface area contributed by atoms with Crippen LogP contribution >= 0.6 is 0 Å². The number of nitrogens with one attached hydrogen (secondary N) is 2. The van der Waals surface area contributed by atoms with Gasteiger partial charge in [-0.2, -0.15) is 0 Å². The summed E-state index contributed by atoms with van der Waals surface area (Å²) < 4.78 is 7.67. The number of nitrogens with zero attached hydrogens (tertiary/aromatic N) is 2.